The fourth-order valence-electron chi connectivity index (χ4n) is 5.38. The number of esters is 1. The maximum absolute atomic E-state index is 13.9. The van der Waals surface area contributed by atoms with Crippen LogP contribution in [0.5, 0.6) is 5.75 Å². The molecule has 1 amide bonds. The van der Waals surface area contributed by atoms with E-state index in [1.165, 1.54) is 11.0 Å². The zero-order valence-electron chi connectivity index (χ0n) is 23.9. The molecule has 3 aliphatic rings. The zero-order chi connectivity index (χ0) is 30.1. The molecule has 3 fully saturated rings. The summed E-state index contributed by atoms with van der Waals surface area (Å²) in [6, 6.07) is 17.7. The van der Waals surface area contributed by atoms with E-state index in [1.54, 1.807) is 18.2 Å². The lowest BCUT2D eigenvalue weighted by atomic mass is 9.93. The molecule has 226 valence electrons. The van der Waals surface area contributed by atoms with E-state index in [0.717, 1.165) is 43.4 Å². The van der Waals surface area contributed by atoms with E-state index < -0.39 is 30.0 Å². The first kappa shape index (κ1) is 29.1. The van der Waals surface area contributed by atoms with Crippen LogP contribution in [0.2, 0.25) is 0 Å². The van der Waals surface area contributed by atoms with E-state index in [4.69, 9.17) is 14.2 Å². The molecule has 1 aliphatic heterocycles. The Bertz CT molecular complexity index is 1480. The number of halogens is 3. The zero-order valence-corrected chi connectivity index (χ0v) is 23.9. The molecular weight excluding hydrogens is 559 g/mol. The molecule has 0 radical (unpaired) electrons. The summed E-state index contributed by atoms with van der Waals surface area (Å²) in [7, 11) is 0. The van der Waals surface area contributed by atoms with Gasteiger partial charge in [-0.05, 0) is 91.0 Å². The molecule has 0 N–H and O–H groups in total. The minimum absolute atomic E-state index is 0.0346. The summed E-state index contributed by atoms with van der Waals surface area (Å²) in [5.41, 5.74) is 2.03. The van der Waals surface area contributed by atoms with E-state index in [0.29, 0.717) is 53.1 Å². The lowest BCUT2D eigenvalue weighted by Gasteiger charge is -2.24. The van der Waals surface area contributed by atoms with Crippen LogP contribution in [0.3, 0.4) is 0 Å². The monoisotopic (exact) mass is 593 g/mol. The maximum atomic E-state index is 13.9. The van der Waals surface area contributed by atoms with Crippen molar-refractivity contribution >= 4 is 12.1 Å². The molecule has 43 heavy (non-hydrogen) atoms. The van der Waals surface area contributed by atoms with Crippen LogP contribution in [-0.2, 0) is 33.4 Å². The Balaban J connectivity index is 1.34. The minimum Gasteiger partial charge on any atom is -0.493 e. The third kappa shape index (κ3) is 6.98. The number of carbonyl (C=O) groups excluding carboxylic acids is 2. The maximum Gasteiger partial charge on any atom is 0.416 e. The molecule has 2 aliphatic carbocycles. The van der Waals surface area contributed by atoms with Gasteiger partial charge in [0.1, 0.15) is 11.9 Å². The van der Waals surface area contributed by atoms with E-state index in [-0.39, 0.29) is 18.9 Å². The summed E-state index contributed by atoms with van der Waals surface area (Å²) in [6.07, 6.45) is -1.41. The highest BCUT2D eigenvalue weighted by atomic mass is 19.4. The second-order valence-corrected chi connectivity index (χ2v) is 11.8. The predicted octanol–water partition coefficient (Wildman–Crippen LogP) is 7.74. The lowest BCUT2D eigenvalue weighted by molar-refractivity contribution is -0.143. The molecular formula is C34H34F3NO5. The topological polar surface area (TPSA) is 65.1 Å². The number of amides is 1. The molecule has 6 rings (SSSR count). The minimum atomic E-state index is -4.57. The molecule has 0 unspecified atom stereocenters. The third-order valence-electron chi connectivity index (χ3n) is 8.32. The van der Waals surface area contributed by atoms with Crippen LogP contribution < -0.4 is 4.74 Å². The average molecular weight is 594 g/mol. The molecule has 2 saturated carbocycles. The summed E-state index contributed by atoms with van der Waals surface area (Å²) in [6.45, 7) is 2.64. The SMILES string of the molecule is C[C@H]1[C@@H](c2ccccc2)OC(=O)N1Cc1cc(C(F)(F)F)ccc1-c1cc(CC(=O)OCC2CC2)ccc1OCC1CC1. The Morgan fingerprint density at radius 1 is 0.930 bits per heavy atom. The van der Waals surface area contributed by atoms with E-state index in [9.17, 15) is 22.8 Å². The van der Waals surface area contributed by atoms with Crippen LogP contribution in [0.4, 0.5) is 18.0 Å². The van der Waals surface area contributed by atoms with Crippen molar-refractivity contribution in [2.75, 3.05) is 13.2 Å². The van der Waals surface area contributed by atoms with Crippen LogP contribution in [0, 0.1) is 11.8 Å². The van der Waals surface area contributed by atoms with Crippen molar-refractivity contribution in [3.05, 3.63) is 89.0 Å². The van der Waals surface area contributed by atoms with Crippen LogP contribution in [0.25, 0.3) is 11.1 Å². The van der Waals surface area contributed by atoms with Gasteiger partial charge in [0.25, 0.3) is 0 Å². The van der Waals surface area contributed by atoms with Gasteiger partial charge in [-0.25, -0.2) is 4.79 Å². The van der Waals surface area contributed by atoms with Crippen LogP contribution in [0.15, 0.2) is 66.7 Å². The number of alkyl halides is 3. The van der Waals surface area contributed by atoms with Crippen molar-refractivity contribution < 1.29 is 37.0 Å². The van der Waals surface area contributed by atoms with Gasteiger partial charge in [0.2, 0.25) is 0 Å². The molecule has 3 aromatic carbocycles. The van der Waals surface area contributed by atoms with E-state index in [1.807, 2.05) is 37.3 Å². The first-order chi connectivity index (χ1) is 20.7. The third-order valence-corrected chi connectivity index (χ3v) is 8.32. The molecule has 2 atom stereocenters. The van der Waals surface area contributed by atoms with Crippen molar-refractivity contribution in [2.24, 2.45) is 11.8 Å². The Kier molecular flexibility index (Phi) is 8.07. The van der Waals surface area contributed by atoms with Crippen molar-refractivity contribution in [3.63, 3.8) is 0 Å². The fourth-order valence-corrected chi connectivity index (χ4v) is 5.38. The number of ether oxygens (including phenoxy) is 3. The number of carbonyl (C=O) groups is 2. The first-order valence-electron chi connectivity index (χ1n) is 14.8. The van der Waals surface area contributed by atoms with E-state index in [2.05, 4.69) is 0 Å². The van der Waals surface area contributed by atoms with Crippen LogP contribution >= 0.6 is 0 Å². The predicted molar refractivity (Wildman–Crippen MR) is 153 cm³/mol. The van der Waals surface area contributed by atoms with E-state index >= 15 is 0 Å². The van der Waals surface area contributed by atoms with Crippen molar-refractivity contribution in [1.29, 1.82) is 0 Å². The van der Waals surface area contributed by atoms with Gasteiger partial charge in [-0.2, -0.15) is 13.2 Å². The lowest BCUT2D eigenvalue weighted by Crippen LogP contribution is -2.31. The number of hydrogen-bond donors (Lipinski definition) is 0. The molecule has 6 nitrogen and oxygen atoms in total. The highest BCUT2D eigenvalue weighted by molar-refractivity contribution is 5.78. The first-order valence-corrected chi connectivity index (χ1v) is 14.8. The number of cyclic esters (lactones) is 1. The number of nitrogens with zero attached hydrogens (tertiary/aromatic N) is 1. The number of hydrogen-bond acceptors (Lipinski definition) is 5. The average Bonchev–Trinajstić information content (AvgIpc) is 3.92. The van der Waals surface area contributed by atoms with Gasteiger partial charge >= 0.3 is 18.2 Å². The van der Waals surface area contributed by atoms with Gasteiger partial charge in [0.15, 0.2) is 0 Å². The van der Waals surface area contributed by atoms with Gasteiger partial charge in [-0.15, -0.1) is 0 Å². The summed E-state index contributed by atoms with van der Waals surface area (Å²) in [5.74, 6) is 1.06. The summed E-state index contributed by atoms with van der Waals surface area (Å²) < 4.78 is 59.0. The number of rotatable bonds is 11. The van der Waals surface area contributed by atoms with Gasteiger partial charge in [-0.3, -0.25) is 9.69 Å². The fraction of sp³-hybridized carbons (Fsp3) is 0.412. The number of benzene rings is 3. The standard InChI is InChI=1S/C34H34F3NO5/c1-21-32(25-5-3-2-4-6-25)43-33(40)38(21)18-26-17-27(34(35,36)37)12-13-28(26)29-15-24(16-31(39)42-20-23-9-10-23)11-14-30(29)41-19-22-7-8-22/h2-6,11-15,17,21-23,32H,7-10,16,18-20H2,1H3/t21-,32-/m0/s1. The summed E-state index contributed by atoms with van der Waals surface area (Å²) >= 11 is 0. The molecule has 0 spiro atoms. The Morgan fingerprint density at radius 2 is 1.65 bits per heavy atom. The van der Waals surface area contributed by atoms with Crippen LogP contribution in [0.1, 0.15) is 61.0 Å². The highest BCUT2D eigenvalue weighted by Gasteiger charge is 2.40. The van der Waals surface area contributed by atoms with Crippen molar-refractivity contribution in [1.82, 2.24) is 4.90 Å². The molecule has 0 bridgehead atoms. The van der Waals surface area contributed by atoms with Crippen molar-refractivity contribution in [2.45, 2.75) is 63.9 Å². The second-order valence-electron chi connectivity index (χ2n) is 11.8. The molecule has 0 aromatic heterocycles. The summed E-state index contributed by atoms with van der Waals surface area (Å²) in [4.78, 5) is 27.0. The normalized spacial score (nSPS) is 20.2. The van der Waals surface area contributed by atoms with Gasteiger partial charge in [-0.1, -0.05) is 42.5 Å². The van der Waals surface area contributed by atoms with Crippen molar-refractivity contribution in [3.8, 4) is 16.9 Å². The van der Waals surface area contributed by atoms with Crippen LogP contribution in [-0.4, -0.2) is 36.2 Å². The molecule has 9 heteroatoms. The van der Waals surface area contributed by atoms with Gasteiger partial charge < -0.3 is 14.2 Å². The Labute approximate surface area is 248 Å². The largest absolute Gasteiger partial charge is 0.493 e. The molecule has 3 aromatic rings. The summed E-state index contributed by atoms with van der Waals surface area (Å²) in [5, 5.41) is 0. The molecule has 1 heterocycles. The van der Waals surface area contributed by atoms with Gasteiger partial charge in [0.05, 0.1) is 37.8 Å². The quantitative estimate of drug-likeness (QED) is 0.213. The second kappa shape index (κ2) is 11.9. The Hall–Kier alpha value is -4.01. The van der Waals surface area contributed by atoms with Gasteiger partial charge in [0, 0.05) is 5.56 Å². The molecule has 1 saturated heterocycles. The smallest absolute Gasteiger partial charge is 0.416 e. The highest BCUT2D eigenvalue weighted by Crippen LogP contribution is 2.41. The Morgan fingerprint density at radius 3 is 2.35 bits per heavy atom.